The van der Waals surface area contributed by atoms with E-state index in [-0.39, 0.29) is 5.41 Å². The van der Waals surface area contributed by atoms with Crippen molar-refractivity contribution in [2.75, 3.05) is 0 Å². The Morgan fingerprint density at radius 1 is 0.350 bits per heavy atom. The topological polar surface area (TPSA) is 61.0 Å². The van der Waals surface area contributed by atoms with Gasteiger partial charge in [-0.2, -0.15) is 0 Å². The predicted molar refractivity (Wildman–Crippen MR) is 239 cm³/mol. The Labute approximate surface area is 347 Å². The first kappa shape index (κ1) is 34.4. The fourth-order valence-corrected chi connectivity index (χ4v) is 9.82. The third-order valence-corrected chi connectivity index (χ3v) is 12.7. The van der Waals surface area contributed by atoms with Crippen LogP contribution in [0.1, 0.15) is 47.2 Å². The molecule has 12 rings (SSSR count). The molecule has 0 bridgehead atoms. The van der Waals surface area contributed by atoms with Crippen LogP contribution in [-0.2, 0) is 10.8 Å². The molecule has 1 aliphatic carbocycles. The summed E-state index contributed by atoms with van der Waals surface area (Å²) >= 11 is 0. The van der Waals surface area contributed by atoms with E-state index in [1.807, 2.05) is 54.6 Å². The van der Waals surface area contributed by atoms with Crippen molar-refractivity contribution in [1.82, 2.24) is 15.0 Å². The van der Waals surface area contributed by atoms with E-state index < -0.39 is 5.41 Å². The molecule has 10 aromatic rings. The number of aromatic nitrogens is 3. The van der Waals surface area contributed by atoms with E-state index >= 15 is 0 Å². The highest BCUT2D eigenvalue weighted by molar-refractivity contribution is 6.05. The van der Waals surface area contributed by atoms with Crippen molar-refractivity contribution in [3.8, 4) is 56.8 Å². The van der Waals surface area contributed by atoms with E-state index in [0.29, 0.717) is 17.5 Å². The minimum absolute atomic E-state index is 0.268. The highest BCUT2D eigenvalue weighted by Crippen LogP contribution is 2.61. The third kappa shape index (κ3) is 5.02. The number of para-hydroxylation sites is 3. The van der Waals surface area contributed by atoms with E-state index in [4.69, 9.17) is 24.1 Å². The molecule has 0 amide bonds. The van der Waals surface area contributed by atoms with Crippen LogP contribution in [0.5, 0.6) is 11.5 Å². The molecular formula is C55H37N3O2. The van der Waals surface area contributed by atoms with Crippen molar-refractivity contribution in [2.45, 2.75) is 24.7 Å². The van der Waals surface area contributed by atoms with Gasteiger partial charge in [-0.3, -0.25) is 0 Å². The summed E-state index contributed by atoms with van der Waals surface area (Å²) in [6.07, 6.45) is 0. The van der Waals surface area contributed by atoms with Crippen molar-refractivity contribution < 1.29 is 9.15 Å². The second-order valence-electron chi connectivity index (χ2n) is 16.3. The summed E-state index contributed by atoms with van der Waals surface area (Å²) in [7, 11) is 0. The quantitative estimate of drug-likeness (QED) is 0.178. The van der Waals surface area contributed by atoms with E-state index in [0.717, 1.165) is 72.4 Å². The Morgan fingerprint density at radius 2 is 0.850 bits per heavy atom. The monoisotopic (exact) mass is 771 g/mol. The maximum atomic E-state index is 6.60. The minimum Gasteiger partial charge on any atom is -0.457 e. The van der Waals surface area contributed by atoms with Crippen molar-refractivity contribution in [2.24, 2.45) is 0 Å². The fraction of sp³-hybridized carbons (Fsp3) is 0.0727. The summed E-state index contributed by atoms with van der Waals surface area (Å²) in [6, 6.07) is 66.1. The zero-order valence-corrected chi connectivity index (χ0v) is 33.1. The summed E-state index contributed by atoms with van der Waals surface area (Å²) in [5.41, 5.74) is 13.3. The van der Waals surface area contributed by atoms with Gasteiger partial charge in [0.25, 0.3) is 0 Å². The van der Waals surface area contributed by atoms with Gasteiger partial charge in [-0.05, 0) is 69.8 Å². The number of furan rings is 1. The summed E-state index contributed by atoms with van der Waals surface area (Å²) in [6.45, 7) is 4.71. The molecule has 3 heterocycles. The van der Waals surface area contributed by atoms with Gasteiger partial charge in [-0.25, -0.2) is 15.0 Å². The lowest BCUT2D eigenvalue weighted by atomic mass is 9.53. The van der Waals surface area contributed by atoms with Crippen LogP contribution in [0.3, 0.4) is 0 Å². The lowest BCUT2D eigenvalue weighted by Crippen LogP contribution is -2.43. The summed E-state index contributed by atoms with van der Waals surface area (Å²) < 4.78 is 12.9. The van der Waals surface area contributed by atoms with Gasteiger partial charge in [0.2, 0.25) is 0 Å². The highest BCUT2D eigenvalue weighted by Gasteiger charge is 2.52. The Hall–Kier alpha value is -7.63. The standard InChI is InChI=1S/C55H37N3O2/c1-54(2)41-17-7-8-18-42(41)55(44-19-9-12-22-48(44)60-49-23-13-10-20-45(49)55)43-31-29-37(32-46(43)54)34-24-26-36(27-25-34)52-56-51(35-14-4-3-5-15-35)57-53(58-52)38-28-30-40-39-16-6-11-21-47(39)59-50(40)33-38/h3-33H,1-2H3. The zero-order valence-electron chi connectivity index (χ0n) is 33.1. The molecule has 0 unspecified atom stereocenters. The molecule has 0 radical (unpaired) electrons. The van der Waals surface area contributed by atoms with E-state index in [2.05, 4.69) is 147 Å². The predicted octanol–water partition coefficient (Wildman–Crippen LogP) is 13.6. The lowest BCUT2D eigenvalue weighted by Gasteiger charge is -2.50. The van der Waals surface area contributed by atoms with Crippen LogP contribution in [0.25, 0.3) is 67.2 Å². The first-order valence-corrected chi connectivity index (χ1v) is 20.4. The highest BCUT2D eigenvalue weighted by atomic mass is 16.5. The average Bonchev–Trinajstić information content (AvgIpc) is 3.69. The molecule has 2 aromatic heterocycles. The first-order chi connectivity index (χ1) is 29.5. The summed E-state index contributed by atoms with van der Waals surface area (Å²) in [5.74, 6) is 3.60. The molecule has 60 heavy (non-hydrogen) atoms. The Bertz CT molecular complexity index is 3280. The third-order valence-electron chi connectivity index (χ3n) is 12.7. The van der Waals surface area contributed by atoms with Gasteiger partial charge < -0.3 is 9.15 Å². The van der Waals surface area contributed by atoms with Crippen molar-refractivity contribution >= 4 is 21.9 Å². The molecule has 8 aromatic carbocycles. The van der Waals surface area contributed by atoms with Gasteiger partial charge in [0.15, 0.2) is 17.5 Å². The van der Waals surface area contributed by atoms with Gasteiger partial charge in [-0.15, -0.1) is 0 Å². The SMILES string of the molecule is CC1(C)c2ccccc2C2(c3ccccc3Oc3ccccc32)c2ccc(-c3ccc(-c4nc(-c5ccccc5)nc(-c5ccc6c(c5)oc5ccccc56)n4)cc3)cc21. The first-order valence-electron chi connectivity index (χ1n) is 20.4. The van der Waals surface area contributed by atoms with Crippen molar-refractivity contribution in [3.05, 3.63) is 221 Å². The molecule has 284 valence electrons. The van der Waals surface area contributed by atoms with Crippen LogP contribution in [0, 0.1) is 0 Å². The number of benzene rings is 8. The number of hydrogen-bond donors (Lipinski definition) is 0. The molecule has 0 fully saturated rings. The molecule has 2 aliphatic rings. The van der Waals surface area contributed by atoms with Crippen LogP contribution in [0.15, 0.2) is 192 Å². The second-order valence-corrected chi connectivity index (χ2v) is 16.3. The summed E-state index contributed by atoms with van der Waals surface area (Å²) in [5, 5.41) is 2.15. The van der Waals surface area contributed by atoms with Crippen LogP contribution in [0.4, 0.5) is 0 Å². The van der Waals surface area contributed by atoms with Gasteiger partial charge in [0.1, 0.15) is 22.7 Å². The number of ether oxygens (including phenoxy) is 1. The van der Waals surface area contributed by atoms with Crippen LogP contribution >= 0.6 is 0 Å². The fourth-order valence-electron chi connectivity index (χ4n) is 9.82. The van der Waals surface area contributed by atoms with Gasteiger partial charge in [0, 0.05) is 44.0 Å². The molecule has 0 saturated carbocycles. The van der Waals surface area contributed by atoms with E-state index in [9.17, 15) is 0 Å². The molecule has 5 heteroatoms. The molecule has 0 N–H and O–H groups in total. The number of nitrogens with zero attached hydrogens (tertiary/aromatic N) is 3. The van der Waals surface area contributed by atoms with Gasteiger partial charge in [0.05, 0.1) is 5.41 Å². The van der Waals surface area contributed by atoms with Crippen LogP contribution in [0.2, 0.25) is 0 Å². The normalized spacial score (nSPS) is 14.2. The minimum atomic E-state index is -0.545. The number of rotatable bonds is 4. The van der Waals surface area contributed by atoms with E-state index in [1.165, 1.54) is 22.3 Å². The summed E-state index contributed by atoms with van der Waals surface area (Å²) in [4.78, 5) is 15.1. The molecule has 0 saturated heterocycles. The Morgan fingerprint density at radius 3 is 1.57 bits per heavy atom. The average molecular weight is 772 g/mol. The number of fused-ring (bicyclic) bond motifs is 11. The smallest absolute Gasteiger partial charge is 0.164 e. The molecule has 1 aliphatic heterocycles. The molecule has 1 spiro atoms. The van der Waals surface area contributed by atoms with Crippen LogP contribution < -0.4 is 4.74 Å². The lowest BCUT2D eigenvalue weighted by molar-refractivity contribution is 0.425. The van der Waals surface area contributed by atoms with Gasteiger partial charge >= 0.3 is 0 Å². The van der Waals surface area contributed by atoms with Crippen LogP contribution in [-0.4, -0.2) is 15.0 Å². The van der Waals surface area contributed by atoms with E-state index in [1.54, 1.807) is 0 Å². The molecular weight excluding hydrogens is 735 g/mol. The largest absolute Gasteiger partial charge is 0.457 e. The van der Waals surface area contributed by atoms with Crippen molar-refractivity contribution in [1.29, 1.82) is 0 Å². The van der Waals surface area contributed by atoms with Crippen molar-refractivity contribution in [3.63, 3.8) is 0 Å². The number of hydrogen-bond acceptors (Lipinski definition) is 5. The Kier molecular flexibility index (Phi) is 7.42. The maximum Gasteiger partial charge on any atom is 0.164 e. The maximum absolute atomic E-state index is 6.60. The zero-order chi connectivity index (χ0) is 40.0. The molecule has 5 nitrogen and oxygen atoms in total. The molecule has 0 atom stereocenters. The Balaban J connectivity index is 0.980. The second kappa shape index (κ2) is 12.9. The van der Waals surface area contributed by atoms with Gasteiger partial charge in [-0.1, -0.05) is 166 Å².